The molecule has 0 atom stereocenters. The monoisotopic (exact) mass is 363 g/mol. The van der Waals surface area contributed by atoms with Gasteiger partial charge < -0.3 is 10.2 Å². The highest BCUT2D eigenvalue weighted by molar-refractivity contribution is 5.94. The number of carbonyl (C=O) groups is 1. The molecule has 0 spiro atoms. The van der Waals surface area contributed by atoms with E-state index in [1.54, 1.807) is 35.5 Å². The van der Waals surface area contributed by atoms with Gasteiger partial charge in [-0.3, -0.25) is 9.78 Å². The van der Waals surface area contributed by atoms with Gasteiger partial charge in [0.2, 0.25) is 0 Å². The molecule has 1 amide bonds. The number of nitrogens with zero attached hydrogens (tertiary/aromatic N) is 2. The maximum absolute atomic E-state index is 13.0. The highest BCUT2D eigenvalue weighted by Crippen LogP contribution is 2.14. The summed E-state index contributed by atoms with van der Waals surface area (Å²) >= 11 is 0. The van der Waals surface area contributed by atoms with Gasteiger partial charge in [0.15, 0.2) is 0 Å². The number of hydrogen-bond acceptors (Lipinski definition) is 3. The van der Waals surface area contributed by atoms with Gasteiger partial charge in [0.25, 0.3) is 5.91 Å². The van der Waals surface area contributed by atoms with E-state index in [0.29, 0.717) is 25.2 Å². The molecule has 0 aliphatic heterocycles. The average molecular weight is 363 g/mol. The zero-order valence-electron chi connectivity index (χ0n) is 15.2. The van der Waals surface area contributed by atoms with Crippen molar-refractivity contribution in [2.45, 2.75) is 20.0 Å². The number of nitrogens with one attached hydrogen (secondary N) is 1. The van der Waals surface area contributed by atoms with Gasteiger partial charge in [-0.25, -0.2) is 4.39 Å². The molecular weight excluding hydrogens is 341 g/mol. The Balaban J connectivity index is 1.67. The molecule has 1 heterocycles. The highest BCUT2D eigenvalue weighted by atomic mass is 19.1. The summed E-state index contributed by atoms with van der Waals surface area (Å²) in [5.41, 5.74) is 3.33. The first-order chi connectivity index (χ1) is 13.2. The second kappa shape index (κ2) is 8.94. The van der Waals surface area contributed by atoms with Gasteiger partial charge in [0.1, 0.15) is 5.82 Å². The Morgan fingerprint density at radius 1 is 1.04 bits per heavy atom. The normalized spacial score (nSPS) is 10.4. The van der Waals surface area contributed by atoms with E-state index in [2.05, 4.69) is 10.3 Å². The number of hydrogen-bond donors (Lipinski definition) is 1. The molecule has 0 aliphatic carbocycles. The third-order valence-electron chi connectivity index (χ3n) is 4.28. The Morgan fingerprint density at radius 2 is 1.78 bits per heavy atom. The van der Waals surface area contributed by atoms with Crippen molar-refractivity contribution in [3.8, 4) is 0 Å². The van der Waals surface area contributed by atoms with Crippen LogP contribution in [0.3, 0.4) is 0 Å². The number of anilines is 1. The minimum absolute atomic E-state index is 0.0562. The van der Waals surface area contributed by atoms with Gasteiger partial charge in [-0.1, -0.05) is 42.5 Å². The molecule has 3 rings (SSSR count). The molecule has 0 saturated heterocycles. The van der Waals surface area contributed by atoms with Crippen LogP contribution in [-0.2, 0) is 13.1 Å². The lowest BCUT2D eigenvalue weighted by molar-refractivity contribution is 0.0752. The van der Waals surface area contributed by atoms with E-state index in [0.717, 1.165) is 16.8 Å². The summed E-state index contributed by atoms with van der Waals surface area (Å²) in [6, 6.07) is 18.0. The van der Waals surface area contributed by atoms with Crippen LogP contribution in [0.5, 0.6) is 0 Å². The summed E-state index contributed by atoms with van der Waals surface area (Å²) in [5.74, 6) is -0.314. The van der Waals surface area contributed by atoms with Crippen molar-refractivity contribution >= 4 is 11.6 Å². The van der Waals surface area contributed by atoms with Gasteiger partial charge >= 0.3 is 0 Å². The number of rotatable bonds is 7. The van der Waals surface area contributed by atoms with Crippen molar-refractivity contribution in [1.82, 2.24) is 9.88 Å². The molecule has 0 radical (unpaired) electrons. The fourth-order valence-electron chi connectivity index (χ4n) is 2.77. The van der Waals surface area contributed by atoms with Crippen molar-refractivity contribution in [1.29, 1.82) is 0 Å². The van der Waals surface area contributed by atoms with Gasteiger partial charge in [0.05, 0.1) is 11.3 Å². The van der Waals surface area contributed by atoms with E-state index < -0.39 is 0 Å². The fourth-order valence-corrected chi connectivity index (χ4v) is 2.77. The van der Waals surface area contributed by atoms with E-state index in [9.17, 15) is 9.18 Å². The maximum Gasteiger partial charge on any atom is 0.255 e. The zero-order chi connectivity index (χ0) is 19.1. The van der Waals surface area contributed by atoms with Crippen LogP contribution in [0.1, 0.15) is 28.4 Å². The van der Waals surface area contributed by atoms with E-state index in [1.165, 1.54) is 12.1 Å². The number of carbonyl (C=O) groups excluding carboxylic acids is 1. The van der Waals surface area contributed by atoms with Crippen molar-refractivity contribution < 1.29 is 9.18 Å². The van der Waals surface area contributed by atoms with Gasteiger partial charge in [0, 0.05) is 32.0 Å². The van der Waals surface area contributed by atoms with Crippen LogP contribution < -0.4 is 5.32 Å². The first kappa shape index (κ1) is 18.6. The van der Waals surface area contributed by atoms with Crippen LogP contribution in [0.15, 0.2) is 73.1 Å². The number of pyridine rings is 1. The number of benzene rings is 2. The predicted octanol–water partition coefficient (Wildman–Crippen LogP) is 4.50. The summed E-state index contributed by atoms with van der Waals surface area (Å²) in [7, 11) is 0. The van der Waals surface area contributed by atoms with Crippen LogP contribution in [0.4, 0.5) is 10.1 Å². The Hall–Kier alpha value is -3.21. The Labute approximate surface area is 158 Å². The molecule has 3 aromatic rings. The lowest BCUT2D eigenvalue weighted by Crippen LogP contribution is -2.30. The summed E-state index contributed by atoms with van der Waals surface area (Å²) in [4.78, 5) is 18.8. The molecular formula is C22H22FN3O. The topological polar surface area (TPSA) is 45.2 Å². The molecule has 0 bridgehead atoms. The maximum atomic E-state index is 13.0. The largest absolute Gasteiger partial charge is 0.380 e. The summed E-state index contributed by atoms with van der Waals surface area (Å²) in [5, 5.41) is 3.23. The predicted molar refractivity (Wildman–Crippen MR) is 105 cm³/mol. The van der Waals surface area contributed by atoms with Crippen LogP contribution in [-0.4, -0.2) is 22.3 Å². The van der Waals surface area contributed by atoms with Crippen molar-refractivity contribution in [2.24, 2.45) is 0 Å². The molecule has 5 heteroatoms. The summed E-state index contributed by atoms with van der Waals surface area (Å²) in [6.45, 7) is 3.66. The minimum atomic E-state index is -0.258. The first-order valence-corrected chi connectivity index (χ1v) is 8.92. The first-order valence-electron chi connectivity index (χ1n) is 8.92. The lowest BCUT2D eigenvalue weighted by atomic mass is 10.1. The van der Waals surface area contributed by atoms with E-state index in [-0.39, 0.29) is 11.7 Å². The van der Waals surface area contributed by atoms with Gasteiger partial charge in [-0.15, -0.1) is 0 Å². The molecule has 0 fully saturated rings. The van der Waals surface area contributed by atoms with Crippen molar-refractivity contribution in [2.75, 3.05) is 11.9 Å². The average Bonchev–Trinajstić information content (AvgIpc) is 2.72. The smallest absolute Gasteiger partial charge is 0.255 e. The molecule has 27 heavy (non-hydrogen) atoms. The number of amides is 1. The van der Waals surface area contributed by atoms with E-state index >= 15 is 0 Å². The Bertz CT molecular complexity index is 882. The second-order valence-electron chi connectivity index (χ2n) is 6.25. The van der Waals surface area contributed by atoms with Crippen LogP contribution in [0, 0.1) is 5.82 Å². The molecule has 1 aromatic heterocycles. The van der Waals surface area contributed by atoms with Crippen molar-refractivity contribution in [3.05, 3.63) is 95.6 Å². The van der Waals surface area contributed by atoms with Crippen LogP contribution in [0.25, 0.3) is 0 Å². The molecule has 0 aliphatic rings. The van der Waals surface area contributed by atoms with Gasteiger partial charge in [-0.2, -0.15) is 0 Å². The molecule has 2 aromatic carbocycles. The van der Waals surface area contributed by atoms with Gasteiger partial charge in [-0.05, 0) is 36.2 Å². The Morgan fingerprint density at radius 3 is 2.48 bits per heavy atom. The SMILES string of the molecule is CCN(Cc1ccccc1)C(=O)c1cncc(NCc2ccc(F)cc2)c1. The van der Waals surface area contributed by atoms with Crippen LogP contribution >= 0.6 is 0 Å². The van der Waals surface area contributed by atoms with E-state index in [1.807, 2.05) is 37.3 Å². The third-order valence-corrected chi connectivity index (χ3v) is 4.28. The molecule has 1 N–H and O–H groups in total. The number of aromatic nitrogens is 1. The summed E-state index contributed by atoms with van der Waals surface area (Å²) in [6.07, 6.45) is 3.26. The van der Waals surface area contributed by atoms with Crippen LogP contribution in [0.2, 0.25) is 0 Å². The molecule has 0 saturated carbocycles. The molecule has 4 nitrogen and oxygen atoms in total. The van der Waals surface area contributed by atoms with Crippen molar-refractivity contribution in [3.63, 3.8) is 0 Å². The highest BCUT2D eigenvalue weighted by Gasteiger charge is 2.15. The molecule has 138 valence electrons. The zero-order valence-corrected chi connectivity index (χ0v) is 15.2. The fraction of sp³-hybridized carbons (Fsp3) is 0.182. The second-order valence-corrected chi connectivity index (χ2v) is 6.25. The summed E-state index contributed by atoms with van der Waals surface area (Å²) < 4.78 is 13.0. The quantitative estimate of drug-likeness (QED) is 0.672. The van der Waals surface area contributed by atoms with E-state index in [4.69, 9.17) is 0 Å². The third kappa shape index (κ3) is 5.14. The number of halogens is 1. The standard InChI is InChI=1S/C22H22FN3O/c1-2-26(16-18-6-4-3-5-7-18)22(27)19-12-21(15-24-14-19)25-13-17-8-10-20(23)11-9-17/h3-12,14-15,25H,2,13,16H2,1H3. The minimum Gasteiger partial charge on any atom is -0.380 e. The Kier molecular flexibility index (Phi) is 6.15. The lowest BCUT2D eigenvalue weighted by Gasteiger charge is -2.21. The molecule has 0 unspecified atom stereocenters.